The number of hydrogen-bond acceptors (Lipinski definition) is 5. The average molecular weight is 379 g/mol. The largest absolute Gasteiger partial charge is 0.489 e. The highest BCUT2D eigenvalue weighted by Crippen LogP contribution is 2.20. The minimum absolute atomic E-state index is 0.147. The van der Waals surface area contributed by atoms with Crippen molar-refractivity contribution in [2.45, 2.75) is 13.0 Å². The summed E-state index contributed by atoms with van der Waals surface area (Å²) in [6.07, 6.45) is 2.44. The van der Waals surface area contributed by atoms with Gasteiger partial charge in [0.1, 0.15) is 18.1 Å². The maximum absolute atomic E-state index is 12.4. The molecule has 0 atom stereocenters. The molecule has 6 nitrogen and oxygen atoms in total. The number of carbonyl (C=O) groups is 1. The van der Waals surface area contributed by atoms with Crippen LogP contribution in [0, 0.1) is 0 Å². The number of carbonyl (C=O) groups excluding carboxylic acids is 1. The molecule has 1 N–H and O–H groups in total. The van der Waals surface area contributed by atoms with Gasteiger partial charge in [0.25, 0.3) is 5.91 Å². The molecular weight excluding hydrogens is 361 g/mol. The zero-order chi connectivity index (χ0) is 19.0. The second-order valence-corrected chi connectivity index (χ2v) is 6.22. The molecule has 2 aromatic rings. The van der Waals surface area contributed by atoms with Crippen LogP contribution in [0.5, 0.6) is 11.5 Å². The smallest absolute Gasteiger partial charge is 0.488 e. The summed E-state index contributed by atoms with van der Waals surface area (Å²) in [5, 5.41) is 2.78. The SMILES string of the molecule is C=CCCNC(=O)c1ccc(COc2ccc(OS(=O)(=O)F)cc2)cc1. The van der Waals surface area contributed by atoms with Gasteiger partial charge in [-0.3, -0.25) is 4.79 Å². The molecule has 0 aliphatic carbocycles. The summed E-state index contributed by atoms with van der Waals surface area (Å²) in [7, 11) is -5.04. The summed E-state index contributed by atoms with van der Waals surface area (Å²) in [5.41, 5.74) is 1.39. The van der Waals surface area contributed by atoms with Crippen LogP contribution in [0.3, 0.4) is 0 Å². The van der Waals surface area contributed by atoms with Gasteiger partial charge in [-0.25, -0.2) is 0 Å². The normalized spacial score (nSPS) is 10.8. The van der Waals surface area contributed by atoms with Crippen molar-refractivity contribution in [1.29, 1.82) is 0 Å². The van der Waals surface area contributed by atoms with Crippen molar-refractivity contribution in [2.24, 2.45) is 0 Å². The van der Waals surface area contributed by atoms with Gasteiger partial charge in [0.2, 0.25) is 0 Å². The van der Waals surface area contributed by atoms with Gasteiger partial charge in [-0.05, 0) is 48.4 Å². The predicted octanol–water partition coefficient (Wildman–Crippen LogP) is 3.16. The molecule has 2 rings (SSSR count). The lowest BCUT2D eigenvalue weighted by Crippen LogP contribution is -2.24. The number of benzene rings is 2. The molecule has 26 heavy (non-hydrogen) atoms. The van der Waals surface area contributed by atoms with Crippen LogP contribution in [-0.2, 0) is 17.1 Å². The summed E-state index contributed by atoms with van der Waals surface area (Å²) in [5.74, 6) is 0.157. The first-order valence-corrected chi connectivity index (χ1v) is 9.03. The van der Waals surface area contributed by atoms with Gasteiger partial charge in [-0.2, -0.15) is 8.42 Å². The molecule has 138 valence electrons. The fourth-order valence-electron chi connectivity index (χ4n) is 2.02. The summed E-state index contributed by atoms with van der Waals surface area (Å²) < 4.78 is 42.8. The van der Waals surface area contributed by atoms with E-state index in [1.807, 2.05) is 0 Å². The lowest BCUT2D eigenvalue weighted by Gasteiger charge is -2.08. The molecule has 0 spiro atoms. The molecule has 0 aromatic heterocycles. The lowest BCUT2D eigenvalue weighted by atomic mass is 10.1. The number of halogens is 1. The third-order valence-corrected chi connectivity index (χ3v) is 3.67. The van der Waals surface area contributed by atoms with Crippen molar-refractivity contribution >= 4 is 16.4 Å². The van der Waals surface area contributed by atoms with Gasteiger partial charge < -0.3 is 14.2 Å². The first-order valence-electron chi connectivity index (χ1n) is 7.72. The van der Waals surface area contributed by atoms with E-state index in [1.54, 1.807) is 30.3 Å². The maximum atomic E-state index is 12.4. The van der Waals surface area contributed by atoms with E-state index in [9.17, 15) is 17.1 Å². The van der Waals surface area contributed by atoms with Crippen molar-refractivity contribution < 1.29 is 26.0 Å². The van der Waals surface area contributed by atoms with E-state index in [-0.39, 0.29) is 18.3 Å². The van der Waals surface area contributed by atoms with Crippen LogP contribution in [-0.4, -0.2) is 20.9 Å². The Balaban J connectivity index is 1.87. The highest BCUT2D eigenvalue weighted by Gasteiger charge is 2.09. The Morgan fingerprint density at radius 2 is 1.69 bits per heavy atom. The molecule has 1 amide bonds. The fourth-order valence-corrected chi connectivity index (χ4v) is 2.36. The van der Waals surface area contributed by atoms with Gasteiger partial charge in [-0.15, -0.1) is 6.58 Å². The number of ether oxygens (including phenoxy) is 1. The molecule has 0 aliphatic rings. The van der Waals surface area contributed by atoms with E-state index in [0.29, 0.717) is 24.3 Å². The Morgan fingerprint density at radius 3 is 2.27 bits per heavy atom. The summed E-state index contributed by atoms with van der Waals surface area (Å²) in [4.78, 5) is 11.9. The quantitative estimate of drug-likeness (QED) is 0.411. The van der Waals surface area contributed by atoms with Gasteiger partial charge in [0, 0.05) is 12.1 Å². The summed E-state index contributed by atoms with van der Waals surface area (Å²) in [6, 6.07) is 12.4. The van der Waals surface area contributed by atoms with Crippen molar-refractivity contribution in [3.63, 3.8) is 0 Å². The first-order chi connectivity index (χ1) is 12.4. The molecule has 2 aromatic carbocycles. The second kappa shape index (κ2) is 9.00. The molecule has 0 heterocycles. The minimum atomic E-state index is -5.04. The number of nitrogens with one attached hydrogen (secondary N) is 1. The van der Waals surface area contributed by atoms with E-state index >= 15 is 0 Å². The molecule has 8 heteroatoms. The van der Waals surface area contributed by atoms with Gasteiger partial charge >= 0.3 is 10.5 Å². The fraction of sp³-hybridized carbons (Fsp3) is 0.167. The zero-order valence-corrected chi connectivity index (χ0v) is 14.7. The van der Waals surface area contributed by atoms with Crippen LogP contribution in [0.25, 0.3) is 0 Å². The van der Waals surface area contributed by atoms with Crippen molar-refractivity contribution in [3.05, 3.63) is 72.3 Å². The Hall–Kier alpha value is -2.87. The number of hydrogen-bond donors (Lipinski definition) is 1. The Morgan fingerprint density at radius 1 is 1.08 bits per heavy atom. The van der Waals surface area contributed by atoms with E-state index in [4.69, 9.17) is 4.74 Å². The highest BCUT2D eigenvalue weighted by molar-refractivity contribution is 7.81. The van der Waals surface area contributed by atoms with Crippen LogP contribution in [0.15, 0.2) is 61.2 Å². The van der Waals surface area contributed by atoms with Gasteiger partial charge in [-0.1, -0.05) is 22.1 Å². The van der Waals surface area contributed by atoms with E-state index in [0.717, 1.165) is 5.56 Å². The molecule has 0 saturated carbocycles. The van der Waals surface area contributed by atoms with Gasteiger partial charge in [0.05, 0.1) is 0 Å². The standard InChI is InChI=1S/C18H18FNO5S/c1-2-3-12-20-18(21)15-6-4-14(5-7-15)13-24-16-8-10-17(11-9-16)25-26(19,22)23/h2,4-11H,1,3,12-13H2,(H,20,21). The molecule has 0 bridgehead atoms. The monoisotopic (exact) mass is 379 g/mol. The summed E-state index contributed by atoms with van der Waals surface area (Å²) >= 11 is 0. The molecular formula is C18H18FNO5S. The molecule has 0 radical (unpaired) electrons. The zero-order valence-electron chi connectivity index (χ0n) is 13.9. The van der Waals surface area contributed by atoms with Crippen molar-refractivity contribution in [1.82, 2.24) is 5.32 Å². The molecule has 0 aliphatic heterocycles. The summed E-state index contributed by atoms with van der Waals surface area (Å²) in [6.45, 7) is 4.38. The Bertz CT molecular complexity index is 848. The average Bonchev–Trinajstić information content (AvgIpc) is 2.60. The number of amides is 1. The van der Waals surface area contributed by atoms with Crippen LogP contribution in [0.4, 0.5) is 3.89 Å². The van der Waals surface area contributed by atoms with Crippen LogP contribution >= 0.6 is 0 Å². The highest BCUT2D eigenvalue weighted by atomic mass is 32.3. The third kappa shape index (κ3) is 6.56. The van der Waals surface area contributed by atoms with E-state index in [2.05, 4.69) is 16.1 Å². The molecule has 0 fully saturated rings. The van der Waals surface area contributed by atoms with E-state index < -0.39 is 10.5 Å². The lowest BCUT2D eigenvalue weighted by molar-refractivity contribution is 0.0954. The second-order valence-electron chi connectivity index (χ2n) is 5.27. The van der Waals surface area contributed by atoms with Crippen molar-refractivity contribution in [2.75, 3.05) is 6.54 Å². The van der Waals surface area contributed by atoms with Gasteiger partial charge in [0.15, 0.2) is 0 Å². The maximum Gasteiger partial charge on any atom is 0.488 e. The minimum Gasteiger partial charge on any atom is -0.489 e. The Labute approximate surface area is 151 Å². The van der Waals surface area contributed by atoms with E-state index in [1.165, 1.54) is 24.3 Å². The molecule has 0 unspecified atom stereocenters. The third-order valence-electron chi connectivity index (χ3n) is 3.28. The van der Waals surface area contributed by atoms with Crippen LogP contribution in [0.2, 0.25) is 0 Å². The Kier molecular flexibility index (Phi) is 6.74. The van der Waals surface area contributed by atoms with Crippen LogP contribution in [0.1, 0.15) is 22.3 Å². The van der Waals surface area contributed by atoms with Crippen LogP contribution < -0.4 is 14.2 Å². The topological polar surface area (TPSA) is 81.7 Å². The number of rotatable bonds is 9. The predicted molar refractivity (Wildman–Crippen MR) is 95.0 cm³/mol. The van der Waals surface area contributed by atoms with Crippen molar-refractivity contribution in [3.8, 4) is 11.5 Å². The first kappa shape index (κ1) is 19.5. The molecule has 0 saturated heterocycles.